The average Bonchev–Trinajstić information content (AvgIpc) is 2.99. The molecule has 0 saturated heterocycles. The Hall–Kier alpha value is -1.15. The summed E-state index contributed by atoms with van der Waals surface area (Å²) in [7, 11) is 0. The van der Waals surface area contributed by atoms with Gasteiger partial charge in [-0.25, -0.2) is 4.39 Å². The lowest BCUT2D eigenvalue weighted by Crippen LogP contribution is -2.53. The maximum atomic E-state index is 13.9. The van der Waals surface area contributed by atoms with Crippen LogP contribution in [0.4, 0.5) is 4.39 Å². The molecule has 3 fully saturated rings. The van der Waals surface area contributed by atoms with Crippen molar-refractivity contribution in [2.45, 2.75) is 71.3 Å². The first-order valence-electron chi connectivity index (χ1n) is 11.1. The number of halogens is 1. The highest BCUT2D eigenvalue weighted by Crippen LogP contribution is 2.67. The second kappa shape index (κ2) is 6.17. The van der Waals surface area contributed by atoms with E-state index in [4.69, 9.17) is 0 Å². The Bertz CT molecular complexity index is 769. The van der Waals surface area contributed by atoms with Gasteiger partial charge in [0.05, 0.1) is 6.10 Å². The molecule has 4 aliphatic carbocycles. The molecule has 27 heavy (non-hydrogen) atoms. The summed E-state index contributed by atoms with van der Waals surface area (Å²) in [5.41, 5.74) is 3.12. The zero-order valence-electron chi connectivity index (χ0n) is 16.8. The normalized spacial score (nSPS) is 46.2. The van der Waals surface area contributed by atoms with Crippen LogP contribution in [0.25, 0.3) is 5.57 Å². The molecule has 0 radical (unpaired) electrons. The Morgan fingerprint density at radius 2 is 1.89 bits per heavy atom. The Kier molecular flexibility index (Phi) is 4.10. The molecule has 3 saturated carbocycles. The van der Waals surface area contributed by atoms with Crippen molar-refractivity contribution in [1.82, 2.24) is 0 Å². The van der Waals surface area contributed by atoms with Crippen LogP contribution in [0.1, 0.15) is 70.8 Å². The van der Waals surface area contributed by atoms with Gasteiger partial charge in [0.1, 0.15) is 5.82 Å². The second-order valence-electron chi connectivity index (χ2n) is 10.4. The first-order valence-corrected chi connectivity index (χ1v) is 11.1. The summed E-state index contributed by atoms with van der Waals surface area (Å²) in [5.74, 6) is 2.90. The molecule has 1 aromatic carbocycles. The van der Waals surface area contributed by atoms with E-state index < -0.39 is 0 Å². The minimum atomic E-state index is -0.122. The van der Waals surface area contributed by atoms with Crippen molar-refractivity contribution in [1.29, 1.82) is 0 Å². The SMILES string of the molecule is C[C@]12CC[C@H](O)C[C@@H]1CC[C@@H]1[C@@H]2CC[C@]2(C)C(c3cccc(F)c3)=CC[C@@H]12. The highest BCUT2D eigenvalue weighted by Gasteiger charge is 2.58. The minimum Gasteiger partial charge on any atom is -0.393 e. The van der Waals surface area contributed by atoms with Crippen molar-refractivity contribution < 1.29 is 9.50 Å². The number of aliphatic hydroxyl groups excluding tert-OH is 1. The molecule has 1 N–H and O–H groups in total. The lowest BCUT2D eigenvalue weighted by Gasteiger charge is -2.60. The van der Waals surface area contributed by atoms with Crippen molar-refractivity contribution in [2.24, 2.45) is 34.5 Å². The number of allylic oxidation sites excluding steroid dienone is 2. The van der Waals surface area contributed by atoms with Gasteiger partial charge in [0.15, 0.2) is 0 Å². The van der Waals surface area contributed by atoms with E-state index in [1.54, 1.807) is 12.1 Å². The van der Waals surface area contributed by atoms with Gasteiger partial charge in [0.2, 0.25) is 0 Å². The van der Waals surface area contributed by atoms with E-state index in [1.165, 1.54) is 37.7 Å². The highest BCUT2D eigenvalue weighted by atomic mass is 19.1. The van der Waals surface area contributed by atoms with Gasteiger partial charge in [0.25, 0.3) is 0 Å². The highest BCUT2D eigenvalue weighted by molar-refractivity contribution is 5.73. The Morgan fingerprint density at radius 1 is 1.04 bits per heavy atom. The Balaban J connectivity index is 1.44. The van der Waals surface area contributed by atoms with Gasteiger partial charge in [-0.15, -0.1) is 0 Å². The molecular weight excluding hydrogens is 335 g/mol. The van der Waals surface area contributed by atoms with Crippen LogP contribution in [0.5, 0.6) is 0 Å². The molecule has 146 valence electrons. The topological polar surface area (TPSA) is 20.2 Å². The van der Waals surface area contributed by atoms with Crippen molar-refractivity contribution in [3.8, 4) is 0 Å². The third-order valence-corrected chi connectivity index (χ3v) is 9.35. The maximum Gasteiger partial charge on any atom is 0.123 e. The maximum absolute atomic E-state index is 13.9. The van der Waals surface area contributed by atoms with Crippen molar-refractivity contribution in [3.63, 3.8) is 0 Å². The van der Waals surface area contributed by atoms with Crippen molar-refractivity contribution >= 4 is 5.57 Å². The molecule has 5 rings (SSSR count). The Labute approximate surface area is 163 Å². The van der Waals surface area contributed by atoms with Crippen LogP contribution in [-0.2, 0) is 0 Å². The van der Waals surface area contributed by atoms with E-state index in [2.05, 4.69) is 26.0 Å². The van der Waals surface area contributed by atoms with Crippen LogP contribution in [-0.4, -0.2) is 11.2 Å². The van der Waals surface area contributed by atoms with Gasteiger partial charge in [-0.3, -0.25) is 0 Å². The Morgan fingerprint density at radius 3 is 2.70 bits per heavy atom. The van der Waals surface area contributed by atoms with E-state index in [9.17, 15) is 9.50 Å². The molecule has 0 heterocycles. The van der Waals surface area contributed by atoms with Crippen LogP contribution in [0, 0.1) is 40.3 Å². The molecule has 0 spiro atoms. The van der Waals surface area contributed by atoms with Crippen LogP contribution in [0.15, 0.2) is 30.3 Å². The monoisotopic (exact) mass is 368 g/mol. The second-order valence-corrected chi connectivity index (χ2v) is 10.4. The summed E-state index contributed by atoms with van der Waals surface area (Å²) in [6.45, 7) is 5.00. The van der Waals surface area contributed by atoms with Crippen LogP contribution >= 0.6 is 0 Å². The van der Waals surface area contributed by atoms with E-state index in [-0.39, 0.29) is 17.3 Å². The zero-order valence-corrected chi connectivity index (χ0v) is 16.8. The molecule has 1 aromatic rings. The minimum absolute atomic E-state index is 0.0683. The molecule has 0 amide bonds. The fourth-order valence-corrected chi connectivity index (χ4v) is 7.91. The van der Waals surface area contributed by atoms with E-state index in [0.29, 0.717) is 17.3 Å². The number of benzene rings is 1. The van der Waals surface area contributed by atoms with Gasteiger partial charge in [-0.05, 0) is 109 Å². The zero-order chi connectivity index (χ0) is 18.8. The van der Waals surface area contributed by atoms with Crippen LogP contribution < -0.4 is 0 Å². The first kappa shape index (κ1) is 17.9. The molecule has 0 unspecified atom stereocenters. The van der Waals surface area contributed by atoms with Crippen molar-refractivity contribution in [2.75, 3.05) is 0 Å². The van der Waals surface area contributed by atoms with Gasteiger partial charge in [-0.2, -0.15) is 0 Å². The van der Waals surface area contributed by atoms with E-state index in [1.807, 2.05) is 6.07 Å². The number of aliphatic hydroxyl groups is 1. The lowest BCUT2D eigenvalue weighted by atomic mass is 9.44. The predicted molar refractivity (Wildman–Crippen MR) is 107 cm³/mol. The standard InChI is InChI=1S/C25H33FO/c1-24-12-10-19(27)15-17(24)6-7-20-22-9-8-21(16-4-3-5-18(26)14-16)25(22,2)13-11-23(20)24/h3-5,8,14,17,19-20,22-23,27H,6-7,9-13,15H2,1-2H3/t17-,19-,20-,22-,23-,24-,25+/m0/s1. The number of rotatable bonds is 1. The van der Waals surface area contributed by atoms with Crippen LogP contribution in [0.3, 0.4) is 0 Å². The molecule has 1 nitrogen and oxygen atoms in total. The smallest absolute Gasteiger partial charge is 0.123 e. The van der Waals surface area contributed by atoms with Gasteiger partial charge < -0.3 is 5.11 Å². The summed E-state index contributed by atoms with van der Waals surface area (Å²) in [6, 6.07) is 7.23. The molecular formula is C25H33FO. The third-order valence-electron chi connectivity index (χ3n) is 9.35. The van der Waals surface area contributed by atoms with Crippen LogP contribution in [0.2, 0.25) is 0 Å². The fraction of sp³-hybridized carbons (Fsp3) is 0.680. The van der Waals surface area contributed by atoms with Gasteiger partial charge >= 0.3 is 0 Å². The molecule has 0 aliphatic heterocycles. The molecule has 7 atom stereocenters. The predicted octanol–water partition coefficient (Wildman–Crippen LogP) is 6.22. The van der Waals surface area contributed by atoms with Crippen molar-refractivity contribution in [3.05, 3.63) is 41.7 Å². The fourth-order valence-electron chi connectivity index (χ4n) is 7.91. The third kappa shape index (κ3) is 2.58. The van der Waals surface area contributed by atoms with E-state index >= 15 is 0 Å². The molecule has 4 aliphatic rings. The summed E-state index contributed by atoms with van der Waals surface area (Å²) < 4.78 is 13.9. The number of hydrogen-bond donors (Lipinski definition) is 1. The summed E-state index contributed by atoms with van der Waals surface area (Å²) >= 11 is 0. The van der Waals surface area contributed by atoms with E-state index in [0.717, 1.165) is 36.7 Å². The number of hydrogen-bond acceptors (Lipinski definition) is 1. The summed E-state index contributed by atoms with van der Waals surface area (Å²) in [6.07, 6.45) is 11.9. The average molecular weight is 369 g/mol. The molecule has 0 aromatic heterocycles. The van der Waals surface area contributed by atoms with Gasteiger partial charge in [-0.1, -0.05) is 32.1 Å². The largest absolute Gasteiger partial charge is 0.393 e. The summed E-state index contributed by atoms with van der Waals surface area (Å²) in [5, 5.41) is 10.2. The molecule has 2 heteroatoms. The van der Waals surface area contributed by atoms with Gasteiger partial charge in [0, 0.05) is 0 Å². The number of fused-ring (bicyclic) bond motifs is 5. The quantitative estimate of drug-likeness (QED) is 0.623. The molecule has 0 bridgehead atoms. The first-order chi connectivity index (χ1) is 12.9. The lowest BCUT2D eigenvalue weighted by molar-refractivity contribution is -0.115. The summed E-state index contributed by atoms with van der Waals surface area (Å²) in [4.78, 5) is 0.